The van der Waals surface area contributed by atoms with Crippen molar-refractivity contribution in [2.45, 2.75) is 12.8 Å². The Hall–Kier alpha value is -0.610. The number of nitrogens with zero attached hydrogens (tertiary/aromatic N) is 2. The van der Waals surface area contributed by atoms with Crippen molar-refractivity contribution < 1.29 is 13.5 Å². The van der Waals surface area contributed by atoms with Gasteiger partial charge in [0.05, 0.1) is 6.54 Å². The van der Waals surface area contributed by atoms with Gasteiger partial charge in [-0.2, -0.15) is 17.0 Å². The molecule has 0 spiro atoms. The van der Waals surface area contributed by atoms with Crippen LogP contribution in [0.4, 0.5) is 0 Å². The van der Waals surface area contributed by atoms with Gasteiger partial charge in [-0.3, -0.25) is 0 Å². The molecule has 6 heteroatoms. The molecule has 0 saturated carbocycles. The summed E-state index contributed by atoms with van der Waals surface area (Å²) in [5, 5.41) is 9.05. The summed E-state index contributed by atoms with van der Waals surface area (Å²) in [6, 6.07) is 0. The van der Waals surface area contributed by atoms with Gasteiger partial charge in [-0.15, -0.1) is 6.42 Å². The normalized spacial score (nSPS) is 23.2. The second-order valence-corrected chi connectivity index (χ2v) is 6.05. The molecule has 16 heavy (non-hydrogen) atoms. The number of piperidine rings is 1. The van der Waals surface area contributed by atoms with Gasteiger partial charge in [0.15, 0.2) is 0 Å². The van der Waals surface area contributed by atoms with Crippen LogP contribution in [0.15, 0.2) is 0 Å². The van der Waals surface area contributed by atoms with Crippen LogP contribution in [0.1, 0.15) is 12.8 Å². The van der Waals surface area contributed by atoms with E-state index >= 15 is 0 Å². The number of aliphatic hydroxyl groups excluding tert-OH is 1. The van der Waals surface area contributed by atoms with Crippen LogP contribution < -0.4 is 0 Å². The summed E-state index contributed by atoms with van der Waals surface area (Å²) in [6.07, 6.45) is 6.76. The van der Waals surface area contributed by atoms with Gasteiger partial charge in [0, 0.05) is 26.7 Å². The predicted octanol–water partition coefficient (Wildman–Crippen LogP) is -0.499. The molecule has 0 aromatic rings. The van der Waals surface area contributed by atoms with E-state index in [-0.39, 0.29) is 19.1 Å². The molecule has 1 saturated heterocycles. The highest BCUT2D eigenvalue weighted by molar-refractivity contribution is 7.86. The minimum absolute atomic E-state index is 0.0326. The highest BCUT2D eigenvalue weighted by Gasteiger charge is 2.31. The molecule has 92 valence electrons. The van der Waals surface area contributed by atoms with Crippen LogP contribution in [0.3, 0.4) is 0 Å². The maximum absolute atomic E-state index is 12.0. The van der Waals surface area contributed by atoms with Crippen molar-refractivity contribution in [3.8, 4) is 12.3 Å². The second-order valence-electron chi connectivity index (χ2n) is 4.02. The van der Waals surface area contributed by atoms with Gasteiger partial charge in [0.25, 0.3) is 10.2 Å². The van der Waals surface area contributed by atoms with E-state index in [9.17, 15) is 8.42 Å². The van der Waals surface area contributed by atoms with Gasteiger partial charge < -0.3 is 5.11 Å². The third kappa shape index (κ3) is 2.95. The monoisotopic (exact) mass is 246 g/mol. The maximum Gasteiger partial charge on any atom is 0.282 e. The summed E-state index contributed by atoms with van der Waals surface area (Å²) in [6.45, 7) is 0.995. The molecular weight excluding hydrogens is 228 g/mol. The third-order valence-electron chi connectivity index (χ3n) is 2.77. The highest BCUT2D eigenvalue weighted by atomic mass is 32.2. The zero-order valence-electron chi connectivity index (χ0n) is 9.46. The van der Waals surface area contributed by atoms with E-state index in [1.54, 1.807) is 0 Å². The van der Waals surface area contributed by atoms with Gasteiger partial charge in [0.2, 0.25) is 0 Å². The Balaban J connectivity index is 2.72. The summed E-state index contributed by atoms with van der Waals surface area (Å²) < 4.78 is 26.6. The van der Waals surface area contributed by atoms with E-state index in [1.807, 2.05) is 0 Å². The average Bonchev–Trinajstić information content (AvgIpc) is 2.29. The molecule has 5 nitrogen and oxygen atoms in total. The number of hydrogen-bond donors (Lipinski definition) is 1. The lowest BCUT2D eigenvalue weighted by atomic mass is 10.0. The summed E-state index contributed by atoms with van der Waals surface area (Å²) in [5.41, 5.74) is 0. The summed E-state index contributed by atoms with van der Waals surface area (Å²) in [4.78, 5) is 0. The molecule has 0 radical (unpaired) electrons. The highest BCUT2D eigenvalue weighted by Crippen LogP contribution is 2.19. The molecule has 0 bridgehead atoms. The molecule has 0 aliphatic carbocycles. The van der Waals surface area contributed by atoms with Crippen molar-refractivity contribution in [3.63, 3.8) is 0 Å². The average molecular weight is 246 g/mol. The lowest BCUT2D eigenvalue weighted by Crippen LogP contribution is -2.47. The van der Waals surface area contributed by atoms with E-state index in [4.69, 9.17) is 11.5 Å². The van der Waals surface area contributed by atoms with Crippen molar-refractivity contribution >= 4 is 10.2 Å². The molecule has 1 aliphatic heterocycles. The van der Waals surface area contributed by atoms with E-state index in [2.05, 4.69) is 5.92 Å². The van der Waals surface area contributed by atoms with Crippen LogP contribution in [0.2, 0.25) is 0 Å². The molecule has 1 N–H and O–H groups in total. The number of terminal acetylenes is 1. The van der Waals surface area contributed by atoms with Crippen LogP contribution in [0.25, 0.3) is 0 Å². The van der Waals surface area contributed by atoms with Crippen molar-refractivity contribution in [2.75, 3.05) is 33.3 Å². The minimum atomic E-state index is -3.45. The summed E-state index contributed by atoms with van der Waals surface area (Å²) in [7, 11) is -1.98. The summed E-state index contributed by atoms with van der Waals surface area (Å²) >= 11 is 0. The van der Waals surface area contributed by atoms with Crippen LogP contribution in [-0.2, 0) is 10.2 Å². The predicted molar refractivity (Wildman–Crippen MR) is 61.8 cm³/mol. The van der Waals surface area contributed by atoms with Crippen LogP contribution in [0, 0.1) is 18.3 Å². The SMILES string of the molecule is C#CCN(C)S(=O)(=O)N1CCCC(CO)C1. The topological polar surface area (TPSA) is 60.9 Å². The molecule has 1 aliphatic rings. The smallest absolute Gasteiger partial charge is 0.282 e. The zero-order valence-corrected chi connectivity index (χ0v) is 10.3. The van der Waals surface area contributed by atoms with Gasteiger partial charge in [-0.25, -0.2) is 0 Å². The van der Waals surface area contributed by atoms with Gasteiger partial charge in [0.1, 0.15) is 0 Å². The molecule has 0 amide bonds. The third-order valence-corrected chi connectivity index (χ3v) is 4.68. The van der Waals surface area contributed by atoms with Crippen molar-refractivity contribution in [2.24, 2.45) is 5.92 Å². The molecular formula is C10H18N2O3S. The van der Waals surface area contributed by atoms with Gasteiger partial charge in [-0.1, -0.05) is 5.92 Å². The van der Waals surface area contributed by atoms with Gasteiger partial charge >= 0.3 is 0 Å². The molecule has 1 unspecified atom stereocenters. The molecule has 0 aromatic carbocycles. The first-order valence-electron chi connectivity index (χ1n) is 5.28. The second kappa shape index (κ2) is 5.64. The fraction of sp³-hybridized carbons (Fsp3) is 0.800. The number of rotatable bonds is 4. The van der Waals surface area contributed by atoms with E-state index in [0.717, 1.165) is 17.1 Å². The van der Waals surface area contributed by atoms with E-state index < -0.39 is 10.2 Å². The van der Waals surface area contributed by atoms with Gasteiger partial charge in [-0.05, 0) is 18.8 Å². The maximum atomic E-state index is 12.0. The number of aliphatic hydroxyl groups is 1. The first-order chi connectivity index (χ1) is 7.52. The number of hydrogen-bond acceptors (Lipinski definition) is 3. The largest absolute Gasteiger partial charge is 0.396 e. The van der Waals surface area contributed by atoms with Crippen LogP contribution >= 0.6 is 0 Å². The standard InChI is InChI=1S/C10H18N2O3S/c1-3-6-11(2)16(14,15)12-7-4-5-10(8-12)9-13/h1,10,13H,4-9H2,2H3. The fourth-order valence-corrected chi connectivity index (χ4v) is 3.18. The Bertz CT molecular complexity index is 361. The Morgan fingerprint density at radius 3 is 2.88 bits per heavy atom. The molecule has 1 heterocycles. The molecule has 1 rings (SSSR count). The summed E-state index contributed by atoms with van der Waals surface area (Å²) in [5.74, 6) is 2.35. The van der Waals surface area contributed by atoms with Crippen molar-refractivity contribution in [3.05, 3.63) is 0 Å². The van der Waals surface area contributed by atoms with E-state index in [0.29, 0.717) is 13.1 Å². The molecule has 1 fully saturated rings. The first kappa shape index (κ1) is 13.5. The van der Waals surface area contributed by atoms with Crippen LogP contribution in [-0.4, -0.2) is 55.4 Å². The van der Waals surface area contributed by atoms with Crippen molar-refractivity contribution in [1.29, 1.82) is 0 Å². The van der Waals surface area contributed by atoms with Crippen LogP contribution in [0.5, 0.6) is 0 Å². The fourth-order valence-electron chi connectivity index (χ4n) is 1.79. The zero-order chi connectivity index (χ0) is 12.2. The molecule has 0 aromatic heterocycles. The Morgan fingerprint density at radius 2 is 2.31 bits per heavy atom. The Labute approximate surface area is 97.2 Å². The Kier molecular flexibility index (Phi) is 4.74. The minimum Gasteiger partial charge on any atom is -0.396 e. The molecule has 1 atom stereocenters. The first-order valence-corrected chi connectivity index (χ1v) is 6.67. The van der Waals surface area contributed by atoms with Crippen molar-refractivity contribution in [1.82, 2.24) is 8.61 Å². The lowest BCUT2D eigenvalue weighted by Gasteiger charge is -2.33. The Morgan fingerprint density at radius 1 is 1.62 bits per heavy atom. The quantitative estimate of drug-likeness (QED) is 0.680. The van der Waals surface area contributed by atoms with E-state index in [1.165, 1.54) is 11.4 Å². The lowest BCUT2D eigenvalue weighted by molar-refractivity contribution is 0.162.